The fourth-order valence-corrected chi connectivity index (χ4v) is 4.18. The Bertz CT molecular complexity index is 990. The second-order valence-corrected chi connectivity index (χ2v) is 7.65. The topological polar surface area (TPSA) is 55.3 Å². The third-order valence-corrected chi connectivity index (χ3v) is 5.72. The minimum Gasteiger partial charge on any atom is -0.496 e. The highest BCUT2D eigenvalue weighted by Crippen LogP contribution is 2.35. The molecule has 0 bridgehead atoms. The van der Waals surface area contributed by atoms with E-state index in [1.807, 2.05) is 47.4 Å². The lowest BCUT2D eigenvalue weighted by Gasteiger charge is -2.33. The Morgan fingerprint density at radius 3 is 2.67 bits per heavy atom. The summed E-state index contributed by atoms with van der Waals surface area (Å²) >= 11 is 0. The molecule has 5 heteroatoms. The van der Waals surface area contributed by atoms with E-state index >= 15 is 0 Å². The molecular weight excluding hydrogens is 374 g/mol. The van der Waals surface area contributed by atoms with E-state index in [-0.39, 0.29) is 11.8 Å². The van der Waals surface area contributed by atoms with Crippen LogP contribution in [0.15, 0.2) is 67.0 Å². The minimum absolute atomic E-state index is 0.174. The fourth-order valence-electron chi connectivity index (χ4n) is 4.18. The molecule has 2 aromatic carbocycles. The number of amides is 1. The van der Waals surface area contributed by atoms with Crippen LogP contribution in [-0.2, 0) is 11.2 Å². The maximum atomic E-state index is 12.9. The van der Waals surface area contributed by atoms with Crippen LogP contribution in [-0.4, -0.2) is 41.0 Å². The SMILES string of the molecule is COc1ccccc1-c1nccnc1[C@@H]1CCCN(C(=O)CCc2ccccc2)C1. The van der Waals surface area contributed by atoms with Gasteiger partial charge in [-0.1, -0.05) is 42.5 Å². The summed E-state index contributed by atoms with van der Waals surface area (Å²) in [7, 11) is 1.67. The third kappa shape index (κ3) is 4.51. The molecule has 1 aliphatic heterocycles. The number of ether oxygens (including phenoxy) is 1. The van der Waals surface area contributed by atoms with E-state index in [1.165, 1.54) is 5.56 Å². The van der Waals surface area contributed by atoms with Crippen LogP contribution < -0.4 is 4.74 Å². The van der Waals surface area contributed by atoms with E-state index in [0.29, 0.717) is 13.0 Å². The van der Waals surface area contributed by atoms with E-state index < -0.39 is 0 Å². The Morgan fingerprint density at radius 1 is 1.07 bits per heavy atom. The maximum Gasteiger partial charge on any atom is 0.222 e. The smallest absolute Gasteiger partial charge is 0.222 e. The van der Waals surface area contributed by atoms with Crippen molar-refractivity contribution in [2.45, 2.75) is 31.6 Å². The van der Waals surface area contributed by atoms with E-state index in [1.54, 1.807) is 19.5 Å². The number of methoxy groups -OCH3 is 1. The normalized spacial score (nSPS) is 16.3. The van der Waals surface area contributed by atoms with Crippen molar-refractivity contribution in [2.24, 2.45) is 0 Å². The molecule has 1 atom stereocenters. The van der Waals surface area contributed by atoms with Crippen molar-refractivity contribution in [3.05, 3.63) is 78.2 Å². The van der Waals surface area contributed by atoms with Crippen molar-refractivity contribution in [3.63, 3.8) is 0 Å². The number of aromatic nitrogens is 2. The van der Waals surface area contributed by atoms with Gasteiger partial charge in [-0.3, -0.25) is 14.8 Å². The van der Waals surface area contributed by atoms with Gasteiger partial charge in [-0.05, 0) is 37.0 Å². The van der Waals surface area contributed by atoms with Gasteiger partial charge in [0.05, 0.1) is 18.5 Å². The van der Waals surface area contributed by atoms with Gasteiger partial charge >= 0.3 is 0 Å². The van der Waals surface area contributed by atoms with Crippen molar-refractivity contribution in [2.75, 3.05) is 20.2 Å². The Balaban J connectivity index is 1.50. The molecule has 0 unspecified atom stereocenters. The fraction of sp³-hybridized carbons (Fsp3) is 0.320. The second-order valence-electron chi connectivity index (χ2n) is 7.65. The molecule has 2 heterocycles. The van der Waals surface area contributed by atoms with Gasteiger partial charge in [0.1, 0.15) is 5.75 Å². The molecule has 1 saturated heterocycles. The van der Waals surface area contributed by atoms with Crippen LogP contribution in [0.4, 0.5) is 0 Å². The molecule has 0 N–H and O–H groups in total. The highest BCUT2D eigenvalue weighted by molar-refractivity contribution is 5.77. The minimum atomic E-state index is 0.174. The Kier molecular flexibility index (Phi) is 6.38. The lowest BCUT2D eigenvalue weighted by atomic mass is 9.91. The standard InChI is InChI=1S/C25H27N3O2/c1-30-22-12-6-5-11-21(22)25-24(26-15-16-27-25)20-10-7-17-28(18-20)23(29)14-13-19-8-3-2-4-9-19/h2-6,8-9,11-12,15-16,20H,7,10,13-14,17-18H2,1H3/t20-/m1/s1. The van der Waals surface area contributed by atoms with E-state index in [4.69, 9.17) is 4.74 Å². The summed E-state index contributed by atoms with van der Waals surface area (Å²) in [5.41, 5.74) is 3.93. The molecule has 154 valence electrons. The second kappa shape index (κ2) is 9.53. The summed E-state index contributed by atoms with van der Waals surface area (Å²) < 4.78 is 5.54. The van der Waals surface area contributed by atoms with E-state index in [2.05, 4.69) is 22.1 Å². The number of likely N-dealkylation sites (tertiary alicyclic amines) is 1. The maximum absolute atomic E-state index is 12.9. The molecule has 1 aromatic heterocycles. The number of aryl methyl sites for hydroxylation is 1. The zero-order chi connectivity index (χ0) is 20.8. The van der Waals surface area contributed by atoms with Crippen molar-refractivity contribution < 1.29 is 9.53 Å². The molecule has 1 fully saturated rings. The van der Waals surface area contributed by atoms with Crippen LogP contribution in [0.25, 0.3) is 11.3 Å². The van der Waals surface area contributed by atoms with Crippen LogP contribution in [0.2, 0.25) is 0 Å². The predicted octanol–water partition coefficient (Wildman–Crippen LogP) is 4.49. The molecule has 5 nitrogen and oxygen atoms in total. The number of hydrogen-bond donors (Lipinski definition) is 0. The van der Waals surface area contributed by atoms with Gasteiger partial charge in [0, 0.05) is 43.4 Å². The summed E-state index contributed by atoms with van der Waals surface area (Å²) in [4.78, 5) is 24.2. The summed E-state index contributed by atoms with van der Waals surface area (Å²) in [6.07, 6.45) is 6.75. The number of piperidine rings is 1. The number of carbonyl (C=O) groups is 1. The van der Waals surface area contributed by atoms with E-state index in [0.717, 1.165) is 48.5 Å². The molecule has 0 aliphatic carbocycles. The highest BCUT2D eigenvalue weighted by Gasteiger charge is 2.28. The van der Waals surface area contributed by atoms with Gasteiger partial charge in [0.25, 0.3) is 0 Å². The molecule has 0 saturated carbocycles. The Labute approximate surface area is 177 Å². The molecule has 1 aliphatic rings. The summed E-state index contributed by atoms with van der Waals surface area (Å²) in [6, 6.07) is 18.1. The quantitative estimate of drug-likeness (QED) is 0.611. The average molecular weight is 402 g/mol. The van der Waals surface area contributed by atoms with Gasteiger partial charge in [-0.2, -0.15) is 0 Å². The third-order valence-electron chi connectivity index (χ3n) is 5.72. The van der Waals surface area contributed by atoms with Gasteiger partial charge in [0.2, 0.25) is 5.91 Å². The van der Waals surface area contributed by atoms with Gasteiger partial charge in [-0.25, -0.2) is 0 Å². The summed E-state index contributed by atoms with van der Waals surface area (Å²) in [6.45, 7) is 1.50. The van der Waals surface area contributed by atoms with Crippen LogP contribution >= 0.6 is 0 Å². The number of rotatable bonds is 6. The molecule has 30 heavy (non-hydrogen) atoms. The number of benzene rings is 2. The Hall–Kier alpha value is -3.21. The molecule has 3 aromatic rings. The monoisotopic (exact) mass is 401 g/mol. The predicted molar refractivity (Wildman–Crippen MR) is 117 cm³/mol. The molecular formula is C25H27N3O2. The van der Waals surface area contributed by atoms with Crippen molar-refractivity contribution >= 4 is 5.91 Å². The Morgan fingerprint density at radius 2 is 1.83 bits per heavy atom. The average Bonchev–Trinajstić information content (AvgIpc) is 2.83. The zero-order valence-electron chi connectivity index (χ0n) is 17.3. The molecule has 1 amide bonds. The lowest BCUT2D eigenvalue weighted by Crippen LogP contribution is -2.39. The van der Waals surface area contributed by atoms with Gasteiger partial charge in [-0.15, -0.1) is 0 Å². The summed E-state index contributed by atoms with van der Waals surface area (Å²) in [5.74, 6) is 1.17. The van der Waals surface area contributed by atoms with Crippen molar-refractivity contribution in [3.8, 4) is 17.0 Å². The van der Waals surface area contributed by atoms with Crippen molar-refractivity contribution in [1.29, 1.82) is 0 Å². The first-order valence-electron chi connectivity index (χ1n) is 10.5. The highest BCUT2D eigenvalue weighted by atomic mass is 16.5. The van der Waals surface area contributed by atoms with Crippen molar-refractivity contribution in [1.82, 2.24) is 14.9 Å². The van der Waals surface area contributed by atoms with Gasteiger partial charge in [0.15, 0.2) is 0 Å². The largest absolute Gasteiger partial charge is 0.496 e. The summed E-state index contributed by atoms with van der Waals surface area (Å²) in [5, 5.41) is 0. The van der Waals surface area contributed by atoms with E-state index in [9.17, 15) is 4.79 Å². The number of carbonyl (C=O) groups excluding carboxylic acids is 1. The molecule has 4 rings (SSSR count). The zero-order valence-corrected chi connectivity index (χ0v) is 17.3. The van der Waals surface area contributed by atoms with Crippen LogP contribution in [0.3, 0.4) is 0 Å². The first kappa shape index (κ1) is 20.1. The van der Waals surface area contributed by atoms with Gasteiger partial charge < -0.3 is 9.64 Å². The first-order valence-corrected chi connectivity index (χ1v) is 10.5. The number of hydrogen-bond acceptors (Lipinski definition) is 4. The number of para-hydroxylation sites is 1. The lowest BCUT2D eigenvalue weighted by molar-refractivity contribution is -0.132. The van der Waals surface area contributed by atoms with Crippen LogP contribution in [0.5, 0.6) is 5.75 Å². The van der Waals surface area contributed by atoms with Crippen LogP contribution in [0.1, 0.15) is 36.4 Å². The first-order chi connectivity index (χ1) is 14.8. The molecule has 0 radical (unpaired) electrons. The number of nitrogens with zero attached hydrogens (tertiary/aromatic N) is 3. The molecule has 0 spiro atoms. The van der Waals surface area contributed by atoms with Crippen LogP contribution in [0, 0.1) is 0 Å².